The van der Waals surface area contributed by atoms with E-state index in [1.54, 1.807) is 0 Å². The van der Waals surface area contributed by atoms with Crippen LogP contribution in [0.4, 0.5) is 5.82 Å². The molecule has 1 aliphatic rings. The smallest absolute Gasteiger partial charge is 0.311 e. The minimum Gasteiger partial charge on any atom is -0.469 e. The number of ether oxygens (including phenoxy) is 1. The van der Waals surface area contributed by atoms with E-state index in [-0.39, 0.29) is 18.3 Å². The number of amides is 1. The molecule has 1 aromatic rings. The van der Waals surface area contributed by atoms with Crippen LogP contribution in [-0.2, 0) is 14.3 Å². The Morgan fingerprint density at radius 1 is 1.47 bits per heavy atom. The van der Waals surface area contributed by atoms with Crippen LogP contribution in [0.25, 0.3) is 0 Å². The van der Waals surface area contributed by atoms with Crippen molar-refractivity contribution in [3.63, 3.8) is 0 Å². The molecular weight excluding hydrogens is 380 g/mol. The zero-order valence-electron chi connectivity index (χ0n) is 10.4. The molecule has 0 spiro atoms. The highest BCUT2D eigenvalue weighted by atomic mass is 79.9. The molecule has 0 bridgehead atoms. The van der Waals surface area contributed by atoms with Crippen LogP contribution in [0.3, 0.4) is 0 Å². The number of halogens is 2. The number of nitrogens with zero attached hydrogens (tertiary/aromatic N) is 2. The Labute approximate surface area is 127 Å². The lowest BCUT2D eigenvalue weighted by Gasteiger charge is -2.17. The second-order valence-electron chi connectivity index (χ2n) is 4.29. The van der Waals surface area contributed by atoms with Gasteiger partial charge in [-0.3, -0.25) is 14.5 Å². The van der Waals surface area contributed by atoms with Crippen molar-refractivity contribution in [1.82, 2.24) is 4.98 Å². The van der Waals surface area contributed by atoms with Gasteiger partial charge in [-0.15, -0.1) is 0 Å². The molecule has 1 atom stereocenters. The average molecular weight is 392 g/mol. The van der Waals surface area contributed by atoms with Crippen LogP contribution in [0.1, 0.15) is 12.1 Å². The van der Waals surface area contributed by atoms with Crippen LogP contribution >= 0.6 is 31.9 Å². The van der Waals surface area contributed by atoms with Crippen LogP contribution in [0.15, 0.2) is 15.0 Å². The standard InChI is InChI=1S/C12H12Br2N2O3/c1-6-8(13)4-9(14)11(15-6)16-5-7(3-10(16)17)12(18)19-2/h4,7H,3,5H2,1-2H3. The summed E-state index contributed by atoms with van der Waals surface area (Å²) in [6, 6.07) is 1.84. The molecule has 2 heterocycles. The van der Waals surface area contributed by atoms with Crippen molar-refractivity contribution in [2.24, 2.45) is 5.92 Å². The monoisotopic (exact) mass is 390 g/mol. The average Bonchev–Trinajstić information content (AvgIpc) is 2.75. The van der Waals surface area contributed by atoms with E-state index in [0.29, 0.717) is 16.8 Å². The highest BCUT2D eigenvalue weighted by Gasteiger charge is 2.37. The number of aromatic nitrogens is 1. The molecule has 0 radical (unpaired) electrons. The molecule has 5 nitrogen and oxygen atoms in total. The molecule has 1 fully saturated rings. The van der Waals surface area contributed by atoms with Gasteiger partial charge < -0.3 is 4.74 Å². The van der Waals surface area contributed by atoms with Crippen LogP contribution in [-0.4, -0.2) is 30.5 Å². The maximum absolute atomic E-state index is 12.0. The Morgan fingerprint density at radius 3 is 2.79 bits per heavy atom. The molecule has 1 unspecified atom stereocenters. The van der Waals surface area contributed by atoms with E-state index in [0.717, 1.165) is 10.2 Å². The zero-order valence-corrected chi connectivity index (χ0v) is 13.6. The summed E-state index contributed by atoms with van der Waals surface area (Å²) >= 11 is 6.77. The van der Waals surface area contributed by atoms with Crippen LogP contribution in [0, 0.1) is 12.8 Å². The van der Waals surface area contributed by atoms with Gasteiger partial charge in [-0.05, 0) is 44.8 Å². The van der Waals surface area contributed by atoms with Gasteiger partial charge in [-0.25, -0.2) is 4.98 Å². The number of hydrogen-bond donors (Lipinski definition) is 0. The zero-order chi connectivity index (χ0) is 14.2. The third-order valence-electron chi connectivity index (χ3n) is 3.00. The third-order valence-corrected chi connectivity index (χ3v) is 4.39. The first-order valence-electron chi connectivity index (χ1n) is 5.65. The predicted octanol–water partition coefficient (Wildman–Crippen LogP) is 2.44. The fourth-order valence-corrected chi connectivity index (χ4v) is 3.13. The number of methoxy groups -OCH3 is 1. The summed E-state index contributed by atoms with van der Waals surface area (Å²) in [5, 5.41) is 0. The van der Waals surface area contributed by atoms with E-state index < -0.39 is 5.92 Å². The van der Waals surface area contributed by atoms with Crippen molar-refractivity contribution in [1.29, 1.82) is 0 Å². The third kappa shape index (κ3) is 2.81. The maximum atomic E-state index is 12.0. The van der Waals surface area contributed by atoms with E-state index >= 15 is 0 Å². The van der Waals surface area contributed by atoms with E-state index in [9.17, 15) is 9.59 Å². The van der Waals surface area contributed by atoms with Gasteiger partial charge in [0.1, 0.15) is 5.82 Å². The minimum absolute atomic E-state index is 0.120. The number of aryl methyl sites for hydroxylation is 1. The fraction of sp³-hybridized carbons (Fsp3) is 0.417. The van der Waals surface area contributed by atoms with Crippen LogP contribution in [0.5, 0.6) is 0 Å². The Kier molecular flexibility index (Phi) is 4.25. The highest BCUT2D eigenvalue weighted by molar-refractivity contribution is 9.11. The number of rotatable bonds is 2. The van der Waals surface area contributed by atoms with Crippen LogP contribution in [0.2, 0.25) is 0 Å². The number of carbonyl (C=O) groups is 2. The number of anilines is 1. The van der Waals surface area contributed by atoms with Crippen molar-refractivity contribution in [2.45, 2.75) is 13.3 Å². The summed E-state index contributed by atoms with van der Waals surface area (Å²) in [7, 11) is 1.33. The van der Waals surface area contributed by atoms with Crippen LogP contribution < -0.4 is 4.90 Å². The summed E-state index contributed by atoms with van der Waals surface area (Å²) in [6.07, 6.45) is 0.163. The van der Waals surface area contributed by atoms with Gasteiger partial charge in [-0.2, -0.15) is 0 Å². The first-order chi connectivity index (χ1) is 8.93. The molecule has 1 amide bonds. The molecule has 0 saturated carbocycles. The van der Waals surface area contributed by atoms with Crippen molar-refractivity contribution >= 4 is 49.6 Å². The second kappa shape index (κ2) is 5.58. The molecular formula is C12H12Br2N2O3. The summed E-state index contributed by atoms with van der Waals surface area (Å²) in [6.45, 7) is 2.15. The summed E-state index contributed by atoms with van der Waals surface area (Å²) in [5.74, 6) is -0.363. The SMILES string of the molecule is COC(=O)C1CC(=O)N(c2nc(C)c(Br)cc2Br)C1. The Morgan fingerprint density at radius 2 is 2.16 bits per heavy atom. The molecule has 2 rings (SSSR count). The molecule has 19 heavy (non-hydrogen) atoms. The van der Waals surface area contributed by atoms with E-state index in [2.05, 4.69) is 41.6 Å². The largest absolute Gasteiger partial charge is 0.469 e. The van der Waals surface area contributed by atoms with Gasteiger partial charge in [0.05, 0.1) is 23.2 Å². The van der Waals surface area contributed by atoms with E-state index in [4.69, 9.17) is 0 Å². The van der Waals surface area contributed by atoms with Gasteiger partial charge in [0, 0.05) is 17.4 Å². The summed E-state index contributed by atoms with van der Waals surface area (Å²) in [4.78, 5) is 29.4. The number of pyridine rings is 1. The topological polar surface area (TPSA) is 59.5 Å². The van der Waals surface area contributed by atoms with Gasteiger partial charge in [0.25, 0.3) is 0 Å². The van der Waals surface area contributed by atoms with Crippen molar-refractivity contribution in [3.8, 4) is 0 Å². The Bertz CT molecular complexity index is 548. The highest BCUT2D eigenvalue weighted by Crippen LogP contribution is 2.33. The number of esters is 1. The van der Waals surface area contributed by atoms with Gasteiger partial charge in [-0.1, -0.05) is 0 Å². The molecule has 0 aromatic carbocycles. The fourth-order valence-electron chi connectivity index (χ4n) is 1.97. The normalized spacial score (nSPS) is 18.8. The number of hydrogen-bond acceptors (Lipinski definition) is 4. The van der Waals surface area contributed by atoms with E-state index in [1.807, 2.05) is 13.0 Å². The molecule has 7 heteroatoms. The Hall–Kier alpha value is -0.950. The number of carbonyl (C=O) groups excluding carboxylic acids is 2. The lowest BCUT2D eigenvalue weighted by molar-refractivity contribution is -0.145. The van der Waals surface area contributed by atoms with E-state index in [1.165, 1.54) is 12.0 Å². The first kappa shape index (κ1) is 14.5. The van der Waals surface area contributed by atoms with Crippen molar-refractivity contribution in [3.05, 3.63) is 20.7 Å². The summed E-state index contributed by atoms with van der Waals surface area (Å²) < 4.78 is 6.25. The van der Waals surface area contributed by atoms with Gasteiger partial charge >= 0.3 is 5.97 Å². The van der Waals surface area contributed by atoms with Gasteiger partial charge in [0.15, 0.2) is 0 Å². The van der Waals surface area contributed by atoms with Gasteiger partial charge in [0.2, 0.25) is 5.91 Å². The lowest BCUT2D eigenvalue weighted by atomic mass is 10.1. The second-order valence-corrected chi connectivity index (χ2v) is 6.00. The quantitative estimate of drug-likeness (QED) is 0.726. The summed E-state index contributed by atoms with van der Waals surface area (Å²) in [5.41, 5.74) is 0.785. The maximum Gasteiger partial charge on any atom is 0.311 e. The molecule has 1 aliphatic heterocycles. The molecule has 0 aliphatic carbocycles. The lowest BCUT2D eigenvalue weighted by Crippen LogP contribution is -2.27. The predicted molar refractivity (Wildman–Crippen MR) is 76.9 cm³/mol. The van der Waals surface area contributed by atoms with Crippen molar-refractivity contribution < 1.29 is 14.3 Å². The molecule has 1 aromatic heterocycles. The first-order valence-corrected chi connectivity index (χ1v) is 7.23. The van der Waals surface area contributed by atoms with Crippen molar-refractivity contribution in [2.75, 3.05) is 18.6 Å². The molecule has 1 saturated heterocycles. The molecule has 0 N–H and O–H groups in total. The molecule has 102 valence electrons. The minimum atomic E-state index is -0.421. The Balaban J connectivity index is 2.30.